The summed E-state index contributed by atoms with van der Waals surface area (Å²) in [5, 5.41) is 3.22. The summed E-state index contributed by atoms with van der Waals surface area (Å²) in [6.45, 7) is 3.70. The lowest BCUT2D eigenvalue weighted by atomic mass is 10.2. The number of nitrogens with zero attached hydrogens (tertiary/aromatic N) is 2. The average Bonchev–Trinajstić information content (AvgIpc) is 2.35. The number of hydrogen-bond acceptors (Lipinski definition) is 5. The van der Waals surface area contributed by atoms with Gasteiger partial charge < -0.3 is 15.8 Å². The number of benzene rings is 1. The van der Waals surface area contributed by atoms with E-state index < -0.39 is 0 Å². The predicted octanol–water partition coefficient (Wildman–Crippen LogP) is 2.43. The first-order valence-corrected chi connectivity index (χ1v) is 5.62. The summed E-state index contributed by atoms with van der Waals surface area (Å²) < 4.78 is 5.17. The largest absolute Gasteiger partial charge is 0.497 e. The number of nitrogen functional groups attached to an aromatic ring is 1. The van der Waals surface area contributed by atoms with Gasteiger partial charge in [0.2, 0.25) is 0 Å². The van der Waals surface area contributed by atoms with Crippen molar-refractivity contribution in [3.8, 4) is 5.75 Å². The lowest BCUT2D eigenvalue weighted by molar-refractivity contribution is 0.415. The van der Waals surface area contributed by atoms with Crippen LogP contribution in [0.25, 0.3) is 0 Å². The maximum absolute atomic E-state index is 5.82. The molecule has 0 amide bonds. The zero-order valence-electron chi connectivity index (χ0n) is 10.7. The Kier molecular flexibility index (Phi) is 3.32. The maximum Gasteiger partial charge on any atom is 0.139 e. The molecule has 0 unspecified atom stereocenters. The van der Waals surface area contributed by atoms with E-state index in [9.17, 15) is 0 Å². The topological polar surface area (TPSA) is 73.1 Å². The zero-order chi connectivity index (χ0) is 13.1. The van der Waals surface area contributed by atoms with Gasteiger partial charge in [0.25, 0.3) is 0 Å². The van der Waals surface area contributed by atoms with Crippen molar-refractivity contribution in [2.24, 2.45) is 0 Å². The van der Waals surface area contributed by atoms with E-state index in [2.05, 4.69) is 15.3 Å². The highest BCUT2D eigenvalue weighted by molar-refractivity contribution is 5.64. The molecule has 0 atom stereocenters. The van der Waals surface area contributed by atoms with E-state index in [-0.39, 0.29) is 0 Å². The van der Waals surface area contributed by atoms with Crippen LogP contribution in [0, 0.1) is 13.8 Å². The quantitative estimate of drug-likeness (QED) is 0.867. The van der Waals surface area contributed by atoms with Gasteiger partial charge in [0.05, 0.1) is 7.11 Å². The molecule has 0 aliphatic heterocycles. The molecule has 0 aliphatic carbocycles. The molecule has 5 heteroatoms. The van der Waals surface area contributed by atoms with Gasteiger partial charge in [-0.2, -0.15) is 0 Å². The van der Waals surface area contributed by atoms with Crippen molar-refractivity contribution < 1.29 is 4.74 Å². The summed E-state index contributed by atoms with van der Waals surface area (Å²) >= 11 is 0. The number of hydrogen-bond donors (Lipinski definition) is 2. The van der Waals surface area contributed by atoms with Gasteiger partial charge in [-0.15, -0.1) is 0 Å². The van der Waals surface area contributed by atoms with Crippen molar-refractivity contribution in [2.75, 3.05) is 18.2 Å². The monoisotopic (exact) mass is 244 g/mol. The third kappa shape index (κ3) is 2.51. The van der Waals surface area contributed by atoms with Crippen molar-refractivity contribution in [2.45, 2.75) is 13.8 Å². The Hall–Kier alpha value is -2.30. The molecule has 0 radical (unpaired) electrons. The van der Waals surface area contributed by atoms with Crippen LogP contribution >= 0.6 is 0 Å². The SMILES string of the molecule is COc1cccc(Nc2nc(C)nc(N)c2C)c1. The fourth-order valence-electron chi connectivity index (χ4n) is 1.61. The molecular weight excluding hydrogens is 228 g/mol. The van der Waals surface area contributed by atoms with Crippen LogP contribution in [0.4, 0.5) is 17.3 Å². The molecule has 1 aromatic carbocycles. The third-order valence-corrected chi connectivity index (χ3v) is 2.63. The van der Waals surface area contributed by atoms with E-state index in [1.54, 1.807) is 7.11 Å². The summed E-state index contributed by atoms with van der Waals surface area (Å²) in [4.78, 5) is 8.45. The van der Waals surface area contributed by atoms with Crippen LogP contribution in [-0.4, -0.2) is 17.1 Å². The molecule has 5 nitrogen and oxygen atoms in total. The number of rotatable bonds is 3. The first-order valence-electron chi connectivity index (χ1n) is 5.62. The summed E-state index contributed by atoms with van der Waals surface area (Å²) in [5.74, 6) is 2.64. The molecule has 3 N–H and O–H groups in total. The fraction of sp³-hybridized carbons (Fsp3) is 0.231. The molecule has 18 heavy (non-hydrogen) atoms. The number of nitrogens with one attached hydrogen (secondary N) is 1. The van der Waals surface area contributed by atoms with E-state index in [0.29, 0.717) is 17.5 Å². The fourth-order valence-corrected chi connectivity index (χ4v) is 1.61. The smallest absolute Gasteiger partial charge is 0.139 e. The van der Waals surface area contributed by atoms with Crippen LogP contribution in [0.3, 0.4) is 0 Å². The summed E-state index contributed by atoms with van der Waals surface area (Å²) in [6.07, 6.45) is 0. The molecule has 0 fully saturated rings. The van der Waals surface area contributed by atoms with Crippen LogP contribution < -0.4 is 15.8 Å². The van der Waals surface area contributed by atoms with Crippen LogP contribution in [0.1, 0.15) is 11.4 Å². The van der Waals surface area contributed by atoms with Crippen LogP contribution in [-0.2, 0) is 0 Å². The Labute approximate surface area is 106 Å². The van der Waals surface area contributed by atoms with Crippen LogP contribution in [0.15, 0.2) is 24.3 Å². The predicted molar refractivity (Wildman–Crippen MR) is 72.2 cm³/mol. The lowest BCUT2D eigenvalue weighted by Crippen LogP contribution is -2.04. The Morgan fingerprint density at radius 1 is 1.22 bits per heavy atom. The number of nitrogens with two attached hydrogens (primary N) is 1. The third-order valence-electron chi connectivity index (χ3n) is 2.63. The van der Waals surface area contributed by atoms with Crippen molar-refractivity contribution in [1.29, 1.82) is 0 Å². The number of aryl methyl sites for hydroxylation is 1. The Bertz CT molecular complexity index is 569. The Morgan fingerprint density at radius 3 is 2.72 bits per heavy atom. The standard InChI is InChI=1S/C13H16N4O/c1-8-12(14)15-9(2)16-13(8)17-10-5-4-6-11(7-10)18-3/h4-7H,1-3H3,(H3,14,15,16,17). The van der Waals surface area contributed by atoms with E-state index >= 15 is 0 Å². The van der Waals surface area contributed by atoms with Gasteiger partial charge in [0, 0.05) is 17.3 Å². The van der Waals surface area contributed by atoms with E-state index in [1.807, 2.05) is 38.1 Å². The van der Waals surface area contributed by atoms with Gasteiger partial charge in [0.15, 0.2) is 0 Å². The first-order chi connectivity index (χ1) is 8.60. The van der Waals surface area contributed by atoms with Crippen molar-refractivity contribution in [3.05, 3.63) is 35.7 Å². The van der Waals surface area contributed by atoms with Gasteiger partial charge in [-0.25, -0.2) is 9.97 Å². The summed E-state index contributed by atoms with van der Waals surface area (Å²) in [6, 6.07) is 7.63. The molecule has 2 rings (SSSR count). The minimum absolute atomic E-state index is 0.493. The van der Waals surface area contributed by atoms with Gasteiger partial charge >= 0.3 is 0 Å². The number of aromatic nitrogens is 2. The zero-order valence-corrected chi connectivity index (χ0v) is 10.7. The summed E-state index contributed by atoms with van der Waals surface area (Å²) in [5.41, 5.74) is 7.55. The minimum atomic E-state index is 0.493. The first kappa shape index (κ1) is 12.2. The second kappa shape index (κ2) is 4.91. The molecule has 1 heterocycles. The highest BCUT2D eigenvalue weighted by Crippen LogP contribution is 2.24. The molecule has 1 aromatic heterocycles. The number of ether oxygens (including phenoxy) is 1. The maximum atomic E-state index is 5.82. The van der Waals surface area contributed by atoms with E-state index in [0.717, 1.165) is 17.0 Å². The van der Waals surface area contributed by atoms with Gasteiger partial charge in [0.1, 0.15) is 23.2 Å². The second-order valence-electron chi connectivity index (χ2n) is 3.99. The van der Waals surface area contributed by atoms with E-state index in [1.165, 1.54) is 0 Å². The molecule has 94 valence electrons. The molecule has 0 spiro atoms. The molecule has 0 aliphatic rings. The Morgan fingerprint density at radius 2 is 2.00 bits per heavy atom. The number of anilines is 3. The van der Waals surface area contributed by atoms with E-state index in [4.69, 9.17) is 10.5 Å². The normalized spacial score (nSPS) is 10.2. The minimum Gasteiger partial charge on any atom is -0.497 e. The van der Waals surface area contributed by atoms with Crippen molar-refractivity contribution in [3.63, 3.8) is 0 Å². The second-order valence-corrected chi connectivity index (χ2v) is 3.99. The highest BCUT2D eigenvalue weighted by atomic mass is 16.5. The van der Waals surface area contributed by atoms with Crippen LogP contribution in [0.2, 0.25) is 0 Å². The van der Waals surface area contributed by atoms with Crippen molar-refractivity contribution >= 4 is 17.3 Å². The van der Waals surface area contributed by atoms with Gasteiger partial charge in [-0.3, -0.25) is 0 Å². The lowest BCUT2D eigenvalue weighted by Gasteiger charge is -2.11. The van der Waals surface area contributed by atoms with Crippen LogP contribution in [0.5, 0.6) is 5.75 Å². The van der Waals surface area contributed by atoms with Crippen molar-refractivity contribution in [1.82, 2.24) is 9.97 Å². The number of methoxy groups -OCH3 is 1. The molecule has 0 saturated carbocycles. The van der Waals surface area contributed by atoms with Gasteiger partial charge in [-0.1, -0.05) is 6.07 Å². The molecule has 0 saturated heterocycles. The summed E-state index contributed by atoms with van der Waals surface area (Å²) in [7, 11) is 1.64. The molecule has 2 aromatic rings. The van der Waals surface area contributed by atoms with Gasteiger partial charge in [-0.05, 0) is 26.0 Å². The average molecular weight is 244 g/mol. The molecular formula is C13H16N4O. The highest BCUT2D eigenvalue weighted by Gasteiger charge is 2.07. The Balaban J connectivity index is 2.33. The molecule has 0 bridgehead atoms.